The number of nitrogens with zero attached hydrogens (tertiary/aromatic N) is 1. The Labute approximate surface area is 102 Å². The Morgan fingerprint density at radius 1 is 1.50 bits per heavy atom. The van der Waals surface area contributed by atoms with Crippen molar-refractivity contribution in [1.29, 1.82) is 0 Å². The number of hydrogen-bond donors (Lipinski definition) is 0. The smallest absolute Gasteiger partial charge is 0.303 e. The first-order chi connectivity index (χ1) is 7.41. The SMILES string of the molecule is CC(=O)O[C@H](C)C(=O)c1cc(C)c(Br)cn1. The third kappa shape index (κ3) is 3.13. The summed E-state index contributed by atoms with van der Waals surface area (Å²) in [5, 5.41) is 0. The highest BCUT2D eigenvalue weighted by Crippen LogP contribution is 2.16. The van der Waals surface area contributed by atoms with Crippen molar-refractivity contribution in [3.05, 3.63) is 28.0 Å². The molecule has 1 aromatic rings. The first-order valence-corrected chi connectivity index (χ1v) is 5.54. The summed E-state index contributed by atoms with van der Waals surface area (Å²) >= 11 is 3.30. The molecule has 4 nitrogen and oxygen atoms in total. The number of ketones is 1. The average molecular weight is 286 g/mol. The van der Waals surface area contributed by atoms with Crippen molar-refractivity contribution >= 4 is 27.7 Å². The molecular formula is C11H12BrNO3. The van der Waals surface area contributed by atoms with E-state index in [4.69, 9.17) is 4.74 Å². The van der Waals surface area contributed by atoms with Gasteiger partial charge in [0.15, 0.2) is 6.10 Å². The molecule has 0 N–H and O–H groups in total. The maximum absolute atomic E-state index is 11.8. The van der Waals surface area contributed by atoms with Gasteiger partial charge in [0.2, 0.25) is 5.78 Å². The molecule has 5 heteroatoms. The highest BCUT2D eigenvalue weighted by Gasteiger charge is 2.19. The fourth-order valence-electron chi connectivity index (χ4n) is 1.18. The summed E-state index contributed by atoms with van der Waals surface area (Å²) in [5.41, 5.74) is 1.21. The van der Waals surface area contributed by atoms with Crippen LogP contribution in [0.3, 0.4) is 0 Å². The van der Waals surface area contributed by atoms with Gasteiger partial charge in [-0.1, -0.05) is 0 Å². The van der Waals surface area contributed by atoms with Crippen LogP contribution in [0.4, 0.5) is 0 Å². The second-order valence-corrected chi connectivity index (χ2v) is 4.29. The molecule has 0 amide bonds. The maximum Gasteiger partial charge on any atom is 0.303 e. The molecule has 1 atom stereocenters. The molecule has 0 aliphatic carbocycles. The van der Waals surface area contributed by atoms with E-state index in [1.165, 1.54) is 13.8 Å². The molecular weight excluding hydrogens is 274 g/mol. The lowest BCUT2D eigenvalue weighted by Gasteiger charge is -2.10. The summed E-state index contributed by atoms with van der Waals surface area (Å²) in [6.45, 7) is 4.66. The van der Waals surface area contributed by atoms with Crippen LogP contribution in [-0.4, -0.2) is 22.8 Å². The van der Waals surface area contributed by atoms with Crippen molar-refractivity contribution in [3.8, 4) is 0 Å². The Morgan fingerprint density at radius 2 is 2.12 bits per heavy atom. The number of ether oxygens (including phenoxy) is 1. The normalized spacial score (nSPS) is 12.0. The quantitative estimate of drug-likeness (QED) is 0.632. The molecule has 0 aliphatic rings. The minimum absolute atomic E-state index is 0.300. The van der Waals surface area contributed by atoms with E-state index in [1.807, 2.05) is 6.92 Å². The van der Waals surface area contributed by atoms with Crippen LogP contribution in [0.5, 0.6) is 0 Å². The largest absolute Gasteiger partial charge is 0.454 e. The van der Waals surface area contributed by atoms with Crippen LogP contribution in [0, 0.1) is 6.92 Å². The summed E-state index contributed by atoms with van der Waals surface area (Å²) in [5.74, 6) is -0.777. The van der Waals surface area contributed by atoms with Crippen molar-refractivity contribution in [2.75, 3.05) is 0 Å². The van der Waals surface area contributed by atoms with Crippen molar-refractivity contribution < 1.29 is 14.3 Å². The number of carbonyl (C=O) groups is 2. The highest BCUT2D eigenvalue weighted by molar-refractivity contribution is 9.10. The predicted octanol–water partition coefficient (Wildman–Crippen LogP) is 2.29. The van der Waals surface area contributed by atoms with Gasteiger partial charge in [-0.05, 0) is 41.4 Å². The molecule has 0 saturated heterocycles. The van der Waals surface area contributed by atoms with Crippen LogP contribution in [0.1, 0.15) is 29.9 Å². The van der Waals surface area contributed by atoms with Crippen LogP contribution in [0.2, 0.25) is 0 Å². The molecule has 0 spiro atoms. The van der Waals surface area contributed by atoms with Gasteiger partial charge in [-0.3, -0.25) is 14.6 Å². The molecule has 0 saturated carbocycles. The molecule has 0 aromatic carbocycles. The molecule has 0 radical (unpaired) electrons. The van der Waals surface area contributed by atoms with Gasteiger partial charge in [0.05, 0.1) is 0 Å². The predicted molar refractivity (Wildman–Crippen MR) is 62.2 cm³/mol. The third-order valence-corrected chi connectivity index (χ3v) is 2.84. The van der Waals surface area contributed by atoms with E-state index in [-0.39, 0.29) is 5.78 Å². The molecule has 0 unspecified atom stereocenters. The number of halogens is 1. The number of esters is 1. The fourth-order valence-corrected chi connectivity index (χ4v) is 1.40. The van der Waals surface area contributed by atoms with Gasteiger partial charge in [0.25, 0.3) is 0 Å². The summed E-state index contributed by atoms with van der Waals surface area (Å²) in [6, 6.07) is 1.66. The third-order valence-electron chi connectivity index (χ3n) is 2.01. The number of hydrogen-bond acceptors (Lipinski definition) is 4. The fraction of sp³-hybridized carbons (Fsp3) is 0.364. The van der Waals surface area contributed by atoms with E-state index < -0.39 is 12.1 Å². The lowest BCUT2D eigenvalue weighted by molar-refractivity contribution is -0.143. The van der Waals surface area contributed by atoms with Gasteiger partial charge in [-0.25, -0.2) is 0 Å². The minimum atomic E-state index is -0.800. The summed E-state index contributed by atoms with van der Waals surface area (Å²) < 4.78 is 5.63. The number of pyridine rings is 1. The summed E-state index contributed by atoms with van der Waals surface area (Å²) in [7, 11) is 0. The lowest BCUT2D eigenvalue weighted by Crippen LogP contribution is -2.24. The highest BCUT2D eigenvalue weighted by atomic mass is 79.9. The second kappa shape index (κ2) is 5.21. The van der Waals surface area contributed by atoms with Crippen LogP contribution >= 0.6 is 15.9 Å². The number of Topliss-reactive ketones (excluding diaryl/α,β-unsaturated/α-hetero) is 1. The van der Waals surface area contributed by atoms with E-state index in [0.717, 1.165) is 10.0 Å². The maximum atomic E-state index is 11.8. The van der Waals surface area contributed by atoms with E-state index in [0.29, 0.717) is 5.69 Å². The molecule has 1 aromatic heterocycles. The zero-order valence-electron chi connectivity index (χ0n) is 9.28. The Balaban J connectivity index is 2.88. The number of carbonyl (C=O) groups excluding carboxylic acids is 2. The van der Waals surface area contributed by atoms with E-state index >= 15 is 0 Å². The first-order valence-electron chi connectivity index (χ1n) is 4.75. The summed E-state index contributed by atoms with van der Waals surface area (Å²) in [4.78, 5) is 26.5. The number of rotatable bonds is 3. The van der Waals surface area contributed by atoms with Gasteiger partial charge < -0.3 is 4.74 Å². The van der Waals surface area contributed by atoms with Crippen LogP contribution in [-0.2, 0) is 9.53 Å². The van der Waals surface area contributed by atoms with Gasteiger partial charge in [-0.2, -0.15) is 0 Å². The van der Waals surface area contributed by atoms with Gasteiger partial charge in [-0.15, -0.1) is 0 Å². The minimum Gasteiger partial charge on any atom is -0.454 e. The lowest BCUT2D eigenvalue weighted by atomic mass is 10.1. The monoisotopic (exact) mass is 285 g/mol. The van der Waals surface area contributed by atoms with Crippen molar-refractivity contribution in [2.45, 2.75) is 26.9 Å². The van der Waals surface area contributed by atoms with E-state index in [1.54, 1.807) is 12.3 Å². The zero-order chi connectivity index (χ0) is 12.3. The summed E-state index contributed by atoms with van der Waals surface area (Å²) in [6.07, 6.45) is 0.758. The topological polar surface area (TPSA) is 56.3 Å². The zero-order valence-corrected chi connectivity index (χ0v) is 10.9. The molecule has 0 bridgehead atoms. The standard InChI is InChI=1S/C11H12BrNO3/c1-6-4-10(13-5-9(6)12)11(15)7(2)16-8(3)14/h4-5,7H,1-3H3/t7-/m1/s1. The van der Waals surface area contributed by atoms with Crippen molar-refractivity contribution in [1.82, 2.24) is 4.98 Å². The van der Waals surface area contributed by atoms with Crippen LogP contribution in [0.25, 0.3) is 0 Å². The number of aryl methyl sites for hydroxylation is 1. The molecule has 0 aliphatic heterocycles. The van der Waals surface area contributed by atoms with Gasteiger partial charge in [0, 0.05) is 17.6 Å². The first kappa shape index (κ1) is 12.8. The van der Waals surface area contributed by atoms with Crippen molar-refractivity contribution in [3.63, 3.8) is 0 Å². The molecule has 0 fully saturated rings. The van der Waals surface area contributed by atoms with Gasteiger partial charge in [0.1, 0.15) is 5.69 Å². The van der Waals surface area contributed by atoms with E-state index in [9.17, 15) is 9.59 Å². The Kier molecular flexibility index (Phi) is 4.18. The van der Waals surface area contributed by atoms with E-state index in [2.05, 4.69) is 20.9 Å². The molecule has 1 rings (SSSR count). The second-order valence-electron chi connectivity index (χ2n) is 3.43. The molecule has 1 heterocycles. The average Bonchev–Trinajstić information content (AvgIpc) is 2.20. The molecule has 86 valence electrons. The van der Waals surface area contributed by atoms with Crippen LogP contribution < -0.4 is 0 Å². The Bertz CT molecular complexity index is 431. The van der Waals surface area contributed by atoms with Crippen molar-refractivity contribution in [2.24, 2.45) is 0 Å². The molecule has 16 heavy (non-hydrogen) atoms. The Morgan fingerprint density at radius 3 is 2.62 bits per heavy atom. The number of aromatic nitrogens is 1. The van der Waals surface area contributed by atoms with Crippen LogP contribution in [0.15, 0.2) is 16.7 Å². The Hall–Kier alpha value is -1.23. The van der Waals surface area contributed by atoms with Gasteiger partial charge >= 0.3 is 5.97 Å².